The fourth-order valence-corrected chi connectivity index (χ4v) is 6.19. The van der Waals surface area contributed by atoms with Gasteiger partial charge in [-0.3, -0.25) is 14.4 Å². The minimum Gasteiger partial charge on any atom is -0.394 e. The van der Waals surface area contributed by atoms with Crippen LogP contribution in [0.4, 0.5) is 0 Å². The number of rotatable bonds is 6. The SMILES string of the molecule is CNC(=O)[C@@H]1[C@H]2C(=O)N([C@@H](CO)Cc3ccccc3)C(C(=O)NC(C)(C)C)C23CC[C@@]1(C)O3. The van der Waals surface area contributed by atoms with Gasteiger partial charge in [-0.15, -0.1) is 0 Å². The van der Waals surface area contributed by atoms with Crippen molar-refractivity contribution in [2.75, 3.05) is 13.7 Å². The summed E-state index contributed by atoms with van der Waals surface area (Å²) >= 11 is 0. The molecule has 1 aromatic carbocycles. The molecule has 8 heteroatoms. The highest BCUT2D eigenvalue weighted by Crippen LogP contribution is 2.63. The van der Waals surface area contributed by atoms with E-state index in [1.54, 1.807) is 7.05 Å². The number of carbonyl (C=O) groups excluding carboxylic acids is 3. The van der Waals surface area contributed by atoms with Crippen molar-refractivity contribution >= 4 is 17.7 Å². The maximum absolute atomic E-state index is 14.0. The Labute approximate surface area is 195 Å². The molecule has 0 saturated carbocycles. The summed E-state index contributed by atoms with van der Waals surface area (Å²) in [6.07, 6.45) is 1.49. The first kappa shape index (κ1) is 23.7. The van der Waals surface area contributed by atoms with Crippen molar-refractivity contribution < 1.29 is 24.2 Å². The fraction of sp³-hybridized carbons (Fsp3) is 0.640. The third-order valence-corrected chi connectivity index (χ3v) is 7.41. The number of carbonyl (C=O) groups is 3. The number of fused-ring (bicyclic) bond motifs is 1. The van der Waals surface area contributed by atoms with Gasteiger partial charge < -0.3 is 25.4 Å². The van der Waals surface area contributed by atoms with E-state index in [4.69, 9.17) is 4.74 Å². The van der Waals surface area contributed by atoms with Crippen LogP contribution in [0.25, 0.3) is 0 Å². The minimum atomic E-state index is -1.09. The van der Waals surface area contributed by atoms with Crippen molar-refractivity contribution in [1.82, 2.24) is 15.5 Å². The smallest absolute Gasteiger partial charge is 0.246 e. The standard InChI is InChI=1S/C25H35N3O5/c1-23(2,3)27-21(31)19-25-12-11-24(4,33-25)17(20(30)26-5)18(25)22(32)28(19)16(14-29)13-15-9-7-6-8-10-15/h6-10,16-19,29H,11-14H2,1-5H3,(H,26,30)(H,27,31)/t16-,17+,18+,19?,24-,25?/m1/s1. The zero-order valence-corrected chi connectivity index (χ0v) is 20.1. The topological polar surface area (TPSA) is 108 Å². The van der Waals surface area contributed by atoms with Crippen LogP contribution in [-0.4, -0.2) is 70.2 Å². The van der Waals surface area contributed by atoms with Gasteiger partial charge >= 0.3 is 0 Å². The molecule has 4 rings (SSSR count). The summed E-state index contributed by atoms with van der Waals surface area (Å²) in [6.45, 7) is 7.22. The van der Waals surface area contributed by atoms with Crippen LogP contribution >= 0.6 is 0 Å². The van der Waals surface area contributed by atoms with E-state index in [0.29, 0.717) is 19.3 Å². The highest BCUT2D eigenvalue weighted by molar-refractivity contribution is 5.99. The van der Waals surface area contributed by atoms with E-state index in [1.165, 1.54) is 4.90 Å². The molecule has 1 aromatic rings. The molecule has 3 saturated heterocycles. The van der Waals surface area contributed by atoms with Crippen molar-refractivity contribution in [3.8, 4) is 0 Å². The third kappa shape index (κ3) is 3.73. The number of aliphatic hydroxyl groups is 1. The lowest BCUT2D eigenvalue weighted by atomic mass is 9.66. The Balaban J connectivity index is 1.79. The van der Waals surface area contributed by atoms with E-state index in [1.807, 2.05) is 58.0 Å². The minimum absolute atomic E-state index is 0.252. The molecule has 3 N–H and O–H groups in total. The zero-order valence-electron chi connectivity index (χ0n) is 20.1. The zero-order chi connectivity index (χ0) is 24.2. The Morgan fingerprint density at radius 2 is 1.88 bits per heavy atom. The number of benzene rings is 1. The molecule has 1 spiro atoms. The van der Waals surface area contributed by atoms with Crippen LogP contribution in [0.1, 0.15) is 46.1 Å². The van der Waals surface area contributed by atoms with Gasteiger partial charge in [0, 0.05) is 12.6 Å². The van der Waals surface area contributed by atoms with Gasteiger partial charge in [0.2, 0.25) is 17.7 Å². The first-order valence-corrected chi connectivity index (χ1v) is 11.7. The van der Waals surface area contributed by atoms with Crippen molar-refractivity contribution in [2.45, 2.75) is 75.8 Å². The van der Waals surface area contributed by atoms with E-state index in [2.05, 4.69) is 10.6 Å². The lowest BCUT2D eigenvalue weighted by Gasteiger charge is -2.38. The van der Waals surface area contributed by atoms with Gasteiger partial charge in [0.15, 0.2) is 0 Å². The third-order valence-electron chi connectivity index (χ3n) is 7.41. The highest BCUT2D eigenvalue weighted by atomic mass is 16.5. The maximum Gasteiger partial charge on any atom is 0.246 e. The van der Waals surface area contributed by atoms with E-state index < -0.39 is 40.7 Å². The van der Waals surface area contributed by atoms with Crippen LogP contribution in [0, 0.1) is 11.8 Å². The number of aliphatic hydroxyl groups excluding tert-OH is 1. The number of hydrogen-bond donors (Lipinski definition) is 3. The Morgan fingerprint density at radius 1 is 1.21 bits per heavy atom. The van der Waals surface area contributed by atoms with Gasteiger partial charge in [0.25, 0.3) is 0 Å². The molecule has 0 aromatic heterocycles. The number of hydrogen-bond acceptors (Lipinski definition) is 5. The second-order valence-corrected chi connectivity index (χ2v) is 10.9. The molecule has 3 aliphatic heterocycles. The fourth-order valence-electron chi connectivity index (χ4n) is 6.19. The van der Waals surface area contributed by atoms with Crippen molar-refractivity contribution in [3.63, 3.8) is 0 Å². The predicted octanol–water partition coefficient (Wildman–Crippen LogP) is 1.02. The number of ether oxygens (including phenoxy) is 1. The molecule has 2 bridgehead atoms. The summed E-state index contributed by atoms with van der Waals surface area (Å²) in [4.78, 5) is 42.1. The van der Waals surface area contributed by atoms with Gasteiger partial charge in [-0.05, 0) is 52.5 Å². The molecule has 0 radical (unpaired) electrons. The average Bonchev–Trinajstić information content (AvgIpc) is 3.32. The number of nitrogens with zero attached hydrogens (tertiary/aromatic N) is 1. The van der Waals surface area contributed by atoms with Crippen LogP contribution in [0.15, 0.2) is 30.3 Å². The first-order chi connectivity index (χ1) is 15.5. The summed E-state index contributed by atoms with van der Waals surface area (Å²) in [6, 6.07) is 8.04. The predicted molar refractivity (Wildman–Crippen MR) is 122 cm³/mol. The maximum atomic E-state index is 14.0. The molecule has 2 unspecified atom stereocenters. The Kier molecular flexibility index (Phi) is 5.81. The molecule has 180 valence electrons. The molecular formula is C25H35N3O5. The molecule has 3 heterocycles. The van der Waals surface area contributed by atoms with Gasteiger partial charge in [-0.25, -0.2) is 0 Å². The summed E-state index contributed by atoms with van der Waals surface area (Å²) in [7, 11) is 1.55. The van der Waals surface area contributed by atoms with Crippen LogP contribution < -0.4 is 10.6 Å². The molecule has 8 nitrogen and oxygen atoms in total. The lowest BCUT2D eigenvalue weighted by Crippen LogP contribution is -2.60. The van der Waals surface area contributed by atoms with Crippen molar-refractivity contribution in [2.24, 2.45) is 11.8 Å². The molecule has 3 amide bonds. The molecule has 6 atom stereocenters. The number of likely N-dealkylation sites (tertiary alicyclic amines) is 1. The Morgan fingerprint density at radius 3 is 2.45 bits per heavy atom. The van der Waals surface area contributed by atoms with Crippen LogP contribution in [0.2, 0.25) is 0 Å². The van der Waals surface area contributed by atoms with Gasteiger partial charge in [0.1, 0.15) is 11.6 Å². The van der Waals surface area contributed by atoms with Crippen molar-refractivity contribution in [1.29, 1.82) is 0 Å². The number of nitrogens with one attached hydrogen (secondary N) is 2. The van der Waals surface area contributed by atoms with Gasteiger partial charge in [0.05, 0.1) is 30.1 Å². The van der Waals surface area contributed by atoms with Crippen LogP contribution in [-0.2, 0) is 25.5 Å². The van der Waals surface area contributed by atoms with Gasteiger partial charge in [-0.2, -0.15) is 0 Å². The second-order valence-electron chi connectivity index (χ2n) is 10.9. The van der Waals surface area contributed by atoms with Crippen LogP contribution in [0.5, 0.6) is 0 Å². The largest absolute Gasteiger partial charge is 0.394 e. The lowest BCUT2D eigenvalue weighted by molar-refractivity contribution is -0.150. The molecular weight excluding hydrogens is 422 g/mol. The summed E-state index contributed by atoms with van der Waals surface area (Å²) in [5, 5.41) is 16.1. The second kappa shape index (κ2) is 8.09. The summed E-state index contributed by atoms with van der Waals surface area (Å²) < 4.78 is 6.53. The quantitative estimate of drug-likeness (QED) is 0.591. The Bertz CT molecular complexity index is 945. The van der Waals surface area contributed by atoms with E-state index in [0.717, 1.165) is 5.56 Å². The van der Waals surface area contributed by atoms with E-state index >= 15 is 0 Å². The van der Waals surface area contributed by atoms with Crippen LogP contribution in [0.3, 0.4) is 0 Å². The van der Waals surface area contributed by atoms with Gasteiger partial charge in [-0.1, -0.05) is 30.3 Å². The Hall–Kier alpha value is -2.45. The highest BCUT2D eigenvalue weighted by Gasteiger charge is 2.78. The summed E-state index contributed by atoms with van der Waals surface area (Å²) in [5.74, 6) is -2.31. The monoisotopic (exact) mass is 457 g/mol. The molecule has 3 aliphatic rings. The molecule has 3 fully saturated rings. The average molecular weight is 458 g/mol. The summed E-state index contributed by atoms with van der Waals surface area (Å²) in [5.41, 5.74) is -1.47. The van der Waals surface area contributed by atoms with E-state index in [9.17, 15) is 19.5 Å². The normalized spacial score (nSPS) is 33.7. The molecule has 33 heavy (non-hydrogen) atoms. The van der Waals surface area contributed by atoms with Crippen molar-refractivity contribution in [3.05, 3.63) is 35.9 Å². The number of amides is 3. The van der Waals surface area contributed by atoms with E-state index in [-0.39, 0.29) is 24.3 Å². The molecule has 0 aliphatic carbocycles. The first-order valence-electron chi connectivity index (χ1n) is 11.7.